The van der Waals surface area contributed by atoms with Crippen LogP contribution in [0.15, 0.2) is 24.3 Å². The van der Waals surface area contributed by atoms with Gasteiger partial charge in [-0.1, -0.05) is 44.2 Å². The van der Waals surface area contributed by atoms with Crippen LogP contribution in [0.4, 0.5) is 5.69 Å². The lowest BCUT2D eigenvalue weighted by Crippen LogP contribution is -2.14. The Hall–Kier alpha value is -1.91. The minimum Gasteiger partial charge on any atom is -0.399 e. The van der Waals surface area contributed by atoms with Crippen molar-refractivity contribution in [3.05, 3.63) is 24.3 Å². The summed E-state index contributed by atoms with van der Waals surface area (Å²) in [4.78, 5) is 0. The Bertz CT molecular complexity index is 555. The van der Waals surface area contributed by atoms with Crippen LogP contribution in [0.2, 0.25) is 0 Å². The van der Waals surface area contributed by atoms with E-state index in [1.807, 2.05) is 28.9 Å². The lowest BCUT2D eigenvalue weighted by Gasteiger charge is -2.20. The molecule has 1 heterocycles. The molecular weight excluding hydrogens is 250 g/mol. The largest absolute Gasteiger partial charge is 0.399 e. The summed E-state index contributed by atoms with van der Waals surface area (Å²) in [6.07, 6.45) is 8.88. The third-order valence-corrected chi connectivity index (χ3v) is 4.06. The van der Waals surface area contributed by atoms with Crippen LogP contribution in [0, 0.1) is 0 Å². The van der Waals surface area contributed by atoms with Gasteiger partial charge in [-0.25, -0.2) is 4.68 Å². The molecule has 0 spiro atoms. The number of nitrogens with zero attached hydrogens (tertiary/aromatic N) is 4. The molecule has 1 fully saturated rings. The maximum atomic E-state index is 5.86. The molecule has 106 valence electrons. The van der Waals surface area contributed by atoms with E-state index in [2.05, 4.69) is 15.5 Å². The van der Waals surface area contributed by atoms with Gasteiger partial charge in [-0.3, -0.25) is 0 Å². The SMILES string of the molecule is Nc1cccc(-c2nnnn2C2CCCCCCC2)c1. The number of hydrogen-bond acceptors (Lipinski definition) is 4. The number of tetrazole rings is 1. The molecule has 0 atom stereocenters. The molecule has 0 saturated heterocycles. The molecule has 0 bridgehead atoms. The summed E-state index contributed by atoms with van der Waals surface area (Å²) in [5, 5.41) is 12.3. The summed E-state index contributed by atoms with van der Waals surface area (Å²) in [6.45, 7) is 0. The van der Waals surface area contributed by atoms with Crippen LogP contribution in [-0.2, 0) is 0 Å². The highest BCUT2D eigenvalue weighted by Gasteiger charge is 2.19. The summed E-state index contributed by atoms with van der Waals surface area (Å²) >= 11 is 0. The zero-order valence-corrected chi connectivity index (χ0v) is 11.7. The van der Waals surface area contributed by atoms with Crippen LogP contribution in [0.1, 0.15) is 51.0 Å². The molecule has 1 aliphatic rings. The smallest absolute Gasteiger partial charge is 0.182 e. The summed E-state index contributed by atoms with van der Waals surface area (Å²) in [5.74, 6) is 0.836. The lowest BCUT2D eigenvalue weighted by atomic mass is 9.96. The van der Waals surface area contributed by atoms with E-state index in [4.69, 9.17) is 5.73 Å². The van der Waals surface area contributed by atoms with Crippen molar-refractivity contribution >= 4 is 5.69 Å². The summed E-state index contributed by atoms with van der Waals surface area (Å²) in [5.41, 5.74) is 7.60. The van der Waals surface area contributed by atoms with Crippen LogP contribution in [0.3, 0.4) is 0 Å². The Kier molecular flexibility index (Phi) is 3.95. The van der Waals surface area contributed by atoms with E-state index in [9.17, 15) is 0 Å². The standard InChI is InChI=1S/C15H21N5/c16-13-8-6-7-12(11-13)15-17-18-19-20(15)14-9-4-2-1-3-5-10-14/h6-8,11,14H,1-5,9-10,16H2. The van der Waals surface area contributed by atoms with E-state index >= 15 is 0 Å². The average Bonchev–Trinajstić information content (AvgIpc) is 2.87. The number of nitrogen functional groups attached to an aromatic ring is 1. The summed E-state index contributed by atoms with van der Waals surface area (Å²) < 4.78 is 2.00. The van der Waals surface area contributed by atoms with Crippen LogP contribution < -0.4 is 5.73 Å². The monoisotopic (exact) mass is 271 g/mol. The van der Waals surface area contributed by atoms with Gasteiger partial charge >= 0.3 is 0 Å². The first-order valence-corrected chi connectivity index (χ1v) is 7.48. The molecule has 0 amide bonds. The minimum atomic E-state index is 0.418. The molecule has 5 heteroatoms. The van der Waals surface area contributed by atoms with Crippen LogP contribution in [0.25, 0.3) is 11.4 Å². The van der Waals surface area contributed by atoms with Gasteiger partial charge in [0.1, 0.15) is 0 Å². The molecule has 1 aliphatic carbocycles. The topological polar surface area (TPSA) is 69.6 Å². The first kappa shape index (κ1) is 13.1. The molecule has 1 aromatic heterocycles. The molecule has 20 heavy (non-hydrogen) atoms. The van der Waals surface area contributed by atoms with E-state index in [-0.39, 0.29) is 0 Å². The molecule has 2 N–H and O–H groups in total. The average molecular weight is 271 g/mol. The highest BCUT2D eigenvalue weighted by atomic mass is 15.5. The molecule has 0 unspecified atom stereocenters. The number of benzene rings is 1. The predicted octanol–water partition coefficient (Wildman–Crippen LogP) is 3.21. The van der Waals surface area contributed by atoms with Crippen LogP contribution >= 0.6 is 0 Å². The van der Waals surface area contributed by atoms with Gasteiger partial charge in [0.15, 0.2) is 5.82 Å². The Balaban J connectivity index is 1.88. The Morgan fingerprint density at radius 1 is 1.05 bits per heavy atom. The lowest BCUT2D eigenvalue weighted by molar-refractivity contribution is 0.345. The molecule has 1 saturated carbocycles. The quantitative estimate of drug-likeness (QED) is 0.851. The van der Waals surface area contributed by atoms with Gasteiger partial charge in [0.2, 0.25) is 0 Å². The van der Waals surface area contributed by atoms with E-state index in [1.54, 1.807) is 0 Å². The van der Waals surface area contributed by atoms with Crippen LogP contribution in [0.5, 0.6) is 0 Å². The molecule has 0 radical (unpaired) electrons. The maximum absolute atomic E-state index is 5.86. The van der Waals surface area contributed by atoms with E-state index in [1.165, 1.54) is 44.9 Å². The first-order valence-electron chi connectivity index (χ1n) is 7.48. The van der Waals surface area contributed by atoms with Crippen molar-refractivity contribution in [1.29, 1.82) is 0 Å². The predicted molar refractivity (Wildman–Crippen MR) is 79.0 cm³/mol. The fourth-order valence-electron chi connectivity index (χ4n) is 2.99. The highest BCUT2D eigenvalue weighted by Crippen LogP contribution is 2.29. The van der Waals surface area contributed by atoms with E-state index < -0.39 is 0 Å². The Labute approximate surface area is 119 Å². The van der Waals surface area contributed by atoms with Crippen molar-refractivity contribution in [3.63, 3.8) is 0 Å². The van der Waals surface area contributed by atoms with Gasteiger partial charge in [0.05, 0.1) is 6.04 Å². The first-order chi connectivity index (χ1) is 9.84. The molecular formula is C15H21N5. The Morgan fingerprint density at radius 3 is 2.55 bits per heavy atom. The minimum absolute atomic E-state index is 0.418. The van der Waals surface area contributed by atoms with Gasteiger partial charge in [0.25, 0.3) is 0 Å². The highest BCUT2D eigenvalue weighted by molar-refractivity contribution is 5.60. The fourth-order valence-corrected chi connectivity index (χ4v) is 2.99. The molecule has 3 rings (SSSR count). The third kappa shape index (κ3) is 2.81. The van der Waals surface area contributed by atoms with Gasteiger partial charge in [-0.05, 0) is 35.4 Å². The van der Waals surface area contributed by atoms with Gasteiger partial charge in [-0.15, -0.1) is 5.10 Å². The number of anilines is 1. The normalized spacial score (nSPS) is 17.6. The zero-order chi connectivity index (χ0) is 13.8. The molecule has 0 aliphatic heterocycles. The van der Waals surface area contributed by atoms with Gasteiger partial charge < -0.3 is 5.73 Å². The number of aromatic nitrogens is 4. The van der Waals surface area contributed by atoms with Crippen LogP contribution in [-0.4, -0.2) is 20.2 Å². The second-order valence-corrected chi connectivity index (χ2v) is 5.57. The molecule has 2 aromatic rings. The fraction of sp³-hybridized carbons (Fsp3) is 0.533. The molecule has 1 aromatic carbocycles. The number of rotatable bonds is 2. The van der Waals surface area contributed by atoms with E-state index in [0.29, 0.717) is 6.04 Å². The van der Waals surface area contributed by atoms with Crippen molar-refractivity contribution in [2.24, 2.45) is 0 Å². The number of nitrogens with two attached hydrogens (primary N) is 1. The second kappa shape index (κ2) is 6.03. The summed E-state index contributed by atoms with van der Waals surface area (Å²) in [6, 6.07) is 8.20. The van der Waals surface area contributed by atoms with Crippen molar-refractivity contribution < 1.29 is 0 Å². The van der Waals surface area contributed by atoms with E-state index in [0.717, 1.165) is 17.1 Å². The van der Waals surface area contributed by atoms with Gasteiger partial charge in [-0.2, -0.15) is 0 Å². The van der Waals surface area contributed by atoms with Crippen molar-refractivity contribution in [3.8, 4) is 11.4 Å². The second-order valence-electron chi connectivity index (χ2n) is 5.57. The van der Waals surface area contributed by atoms with Crippen molar-refractivity contribution in [1.82, 2.24) is 20.2 Å². The Morgan fingerprint density at radius 2 is 1.80 bits per heavy atom. The summed E-state index contributed by atoms with van der Waals surface area (Å²) in [7, 11) is 0. The van der Waals surface area contributed by atoms with Crippen molar-refractivity contribution in [2.45, 2.75) is 51.0 Å². The van der Waals surface area contributed by atoms with Gasteiger partial charge in [0, 0.05) is 11.3 Å². The molecule has 5 nitrogen and oxygen atoms in total. The third-order valence-electron chi connectivity index (χ3n) is 4.06. The number of hydrogen-bond donors (Lipinski definition) is 1. The zero-order valence-electron chi connectivity index (χ0n) is 11.7. The van der Waals surface area contributed by atoms with Crippen molar-refractivity contribution in [2.75, 3.05) is 5.73 Å². The maximum Gasteiger partial charge on any atom is 0.182 e.